The molecule has 2 N–H and O–H groups in total. The van der Waals surface area contributed by atoms with E-state index in [0.717, 1.165) is 23.6 Å². The van der Waals surface area contributed by atoms with E-state index in [1.165, 1.54) is 38.5 Å². The third-order valence-corrected chi connectivity index (χ3v) is 6.96. The first-order valence-corrected chi connectivity index (χ1v) is 11.3. The molecule has 0 fully saturated rings. The first-order valence-electron chi connectivity index (χ1n) is 8.03. The number of unbranched alkanes of at least 4 members (excludes halogenated alkanes) is 7. The number of rotatable bonds is 10. The maximum Gasteiger partial charge on any atom is 0.336 e. The van der Waals surface area contributed by atoms with Crippen LogP contribution in [0.1, 0.15) is 61.7 Å². The molecular weight excluding hydrogens is 645 g/mol. The van der Waals surface area contributed by atoms with Gasteiger partial charge in [-0.15, -0.1) is 6.58 Å². The Hall–Kier alpha value is 0.580. The normalized spacial score (nSPS) is 10.0. The Bertz CT molecular complexity index is 505. The van der Waals surface area contributed by atoms with E-state index in [1.54, 1.807) is 6.07 Å². The van der Waals surface area contributed by atoms with Crippen LogP contribution < -0.4 is 0 Å². The second kappa shape index (κ2) is 15.8. The zero-order valence-corrected chi connectivity index (χ0v) is 20.2. The number of benzene rings is 1. The number of allylic oxidation sites excluding steroid dienone is 1. The van der Waals surface area contributed by atoms with Gasteiger partial charge in [0.25, 0.3) is 0 Å². The highest BCUT2D eigenvalue weighted by Gasteiger charge is 2.11. The molecule has 6 heteroatoms. The molecule has 0 saturated heterocycles. The fourth-order valence-corrected chi connectivity index (χ4v) is 4.38. The summed E-state index contributed by atoms with van der Waals surface area (Å²) < 4.78 is 2.74. The lowest BCUT2D eigenvalue weighted by atomic mass is 10.1. The van der Waals surface area contributed by atoms with Crippen molar-refractivity contribution in [2.24, 2.45) is 0 Å². The van der Waals surface area contributed by atoms with E-state index in [9.17, 15) is 4.79 Å². The summed E-state index contributed by atoms with van der Waals surface area (Å²) in [4.78, 5) is 10.7. The van der Waals surface area contributed by atoms with Gasteiger partial charge in [-0.05, 0) is 99.2 Å². The van der Waals surface area contributed by atoms with Gasteiger partial charge in [-0.1, -0.05) is 38.2 Å². The van der Waals surface area contributed by atoms with E-state index in [-0.39, 0.29) is 0 Å². The fourth-order valence-electron chi connectivity index (χ4n) is 2.00. The van der Waals surface area contributed by atoms with Gasteiger partial charge < -0.3 is 10.2 Å². The third-order valence-electron chi connectivity index (χ3n) is 3.29. The molecule has 0 aliphatic heterocycles. The maximum atomic E-state index is 10.7. The van der Waals surface area contributed by atoms with E-state index < -0.39 is 5.97 Å². The van der Waals surface area contributed by atoms with Crippen molar-refractivity contribution in [3.63, 3.8) is 0 Å². The summed E-state index contributed by atoms with van der Waals surface area (Å²) in [5.41, 5.74) is 0.381. The van der Waals surface area contributed by atoms with Crippen LogP contribution in [-0.2, 0) is 0 Å². The average Bonchev–Trinajstić information content (AvgIpc) is 2.54. The molecule has 1 rings (SSSR count). The Labute approximate surface area is 186 Å². The Morgan fingerprint density at radius 2 is 1.54 bits per heavy atom. The molecule has 0 amide bonds. The zero-order chi connectivity index (χ0) is 18.4. The molecule has 136 valence electrons. The van der Waals surface area contributed by atoms with E-state index in [0.29, 0.717) is 12.2 Å². The van der Waals surface area contributed by atoms with Crippen LogP contribution in [0.2, 0.25) is 0 Å². The molecule has 0 bridgehead atoms. The summed E-state index contributed by atoms with van der Waals surface area (Å²) in [5, 5.41) is 17.3. The van der Waals surface area contributed by atoms with Gasteiger partial charge in [-0.25, -0.2) is 4.79 Å². The Balaban J connectivity index is 0.000000441. The lowest BCUT2D eigenvalue weighted by Gasteiger charge is -2.02. The number of hydrogen-bond donors (Lipinski definition) is 2. The van der Waals surface area contributed by atoms with Gasteiger partial charge in [0.2, 0.25) is 0 Å². The quantitative estimate of drug-likeness (QED) is 0.130. The molecule has 3 nitrogen and oxygen atoms in total. The van der Waals surface area contributed by atoms with Crippen LogP contribution in [0.25, 0.3) is 0 Å². The largest absolute Gasteiger partial charge is 0.478 e. The number of carbonyl (C=O) groups is 1. The van der Waals surface area contributed by atoms with Gasteiger partial charge in [0.15, 0.2) is 0 Å². The number of aliphatic hydroxyl groups is 1. The monoisotopic (exact) mass is 670 g/mol. The Kier molecular flexibility index (Phi) is 16.2. The van der Waals surface area contributed by atoms with Crippen molar-refractivity contribution in [2.75, 3.05) is 6.61 Å². The average molecular weight is 670 g/mol. The fraction of sp³-hybridized carbons (Fsp3) is 0.500. The predicted octanol–water partition coefficient (Wildman–Crippen LogP) is 6.48. The van der Waals surface area contributed by atoms with Gasteiger partial charge >= 0.3 is 5.97 Å². The van der Waals surface area contributed by atoms with Gasteiger partial charge in [0.05, 0.1) is 5.56 Å². The number of hydrogen-bond acceptors (Lipinski definition) is 2. The molecule has 0 heterocycles. The topological polar surface area (TPSA) is 57.5 Å². The van der Waals surface area contributed by atoms with Crippen LogP contribution in [0.3, 0.4) is 0 Å². The summed E-state index contributed by atoms with van der Waals surface area (Å²) in [6, 6.07) is 3.63. The molecule has 0 aliphatic carbocycles. The smallest absolute Gasteiger partial charge is 0.336 e. The first kappa shape index (κ1) is 24.6. The molecular formula is C18H25I3O3. The molecule has 0 saturated carbocycles. The van der Waals surface area contributed by atoms with Crippen molar-refractivity contribution in [1.29, 1.82) is 0 Å². The molecule has 0 unspecified atom stereocenters. The van der Waals surface area contributed by atoms with Gasteiger partial charge in [-0.2, -0.15) is 0 Å². The Morgan fingerprint density at radius 1 is 1.00 bits per heavy atom. The highest BCUT2D eigenvalue weighted by molar-refractivity contribution is 14.1. The summed E-state index contributed by atoms with van der Waals surface area (Å²) >= 11 is 6.29. The van der Waals surface area contributed by atoms with Crippen molar-refractivity contribution in [1.82, 2.24) is 0 Å². The van der Waals surface area contributed by atoms with Gasteiger partial charge in [-0.3, -0.25) is 0 Å². The molecule has 0 radical (unpaired) electrons. The van der Waals surface area contributed by atoms with E-state index in [4.69, 9.17) is 10.2 Å². The number of aromatic carboxylic acids is 1. The molecule has 24 heavy (non-hydrogen) atoms. The highest BCUT2D eigenvalue weighted by Crippen LogP contribution is 2.22. The lowest BCUT2D eigenvalue weighted by Crippen LogP contribution is -2.01. The second-order valence-electron chi connectivity index (χ2n) is 5.33. The van der Waals surface area contributed by atoms with Gasteiger partial charge in [0.1, 0.15) is 0 Å². The minimum Gasteiger partial charge on any atom is -0.478 e. The molecule has 0 aromatic heterocycles. The molecule has 0 aliphatic rings. The highest BCUT2D eigenvalue weighted by atomic mass is 127. The predicted molar refractivity (Wildman–Crippen MR) is 126 cm³/mol. The lowest BCUT2D eigenvalue weighted by molar-refractivity contribution is 0.0695. The van der Waals surface area contributed by atoms with E-state index in [1.807, 2.05) is 34.7 Å². The van der Waals surface area contributed by atoms with Gasteiger partial charge in [0, 0.05) is 17.3 Å². The molecule has 0 atom stereocenters. The van der Waals surface area contributed by atoms with Crippen molar-refractivity contribution >= 4 is 73.7 Å². The minimum absolute atomic E-state index is 0.358. The summed E-state index contributed by atoms with van der Waals surface area (Å²) in [6.45, 7) is 4.05. The number of carboxylic acids is 1. The van der Waals surface area contributed by atoms with Crippen molar-refractivity contribution in [3.05, 3.63) is 41.1 Å². The Morgan fingerprint density at radius 3 is 2.04 bits per heavy atom. The van der Waals surface area contributed by atoms with Crippen LogP contribution >= 0.6 is 67.8 Å². The van der Waals surface area contributed by atoms with E-state index >= 15 is 0 Å². The summed E-state index contributed by atoms with van der Waals surface area (Å²) in [7, 11) is 0. The van der Waals surface area contributed by atoms with Crippen LogP contribution in [-0.4, -0.2) is 22.8 Å². The molecule has 1 aromatic carbocycles. The van der Waals surface area contributed by atoms with Crippen LogP contribution in [0.4, 0.5) is 0 Å². The van der Waals surface area contributed by atoms with E-state index in [2.05, 4.69) is 51.8 Å². The van der Waals surface area contributed by atoms with Crippen molar-refractivity contribution in [3.8, 4) is 0 Å². The number of halogens is 3. The zero-order valence-electron chi connectivity index (χ0n) is 13.7. The first-order chi connectivity index (χ1) is 11.4. The van der Waals surface area contributed by atoms with Crippen LogP contribution in [0.15, 0.2) is 24.8 Å². The number of aliphatic hydroxyl groups excluding tert-OH is 1. The van der Waals surface area contributed by atoms with Crippen LogP contribution in [0.5, 0.6) is 0 Å². The maximum absolute atomic E-state index is 10.7. The molecule has 0 spiro atoms. The SMILES string of the molecule is C=CCCCCCCCCCO.O=C(O)c1cc(I)cc(I)c1I. The standard InChI is InChI=1S/C11H22O.C7H3I3O2/c1-2-3-4-5-6-7-8-9-10-11-12;8-3-1-4(7(11)12)6(10)5(9)2-3/h2,12H,1,3-11H2;1-2H,(H,11,12). The second-order valence-corrected chi connectivity index (χ2v) is 8.82. The van der Waals surface area contributed by atoms with Crippen LogP contribution in [0, 0.1) is 10.7 Å². The minimum atomic E-state index is -0.865. The number of carboxylic acid groups (broad SMARTS) is 1. The summed E-state index contributed by atoms with van der Waals surface area (Å²) in [6.07, 6.45) is 11.9. The molecule has 1 aromatic rings. The van der Waals surface area contributed by atoms with Crippen molar-refractivity contribution < 1.29 is 15.0 Å². The van der Waals surface area contributed by atoms with Crippen molar-refractivity contribution in [2.45, 2.75) is 51.4 Å². The summed E-state index contributed by atoms with van der Waals surface area (Å²) in [5.74, 6) is -0.865. The third kappa shape index (κ3) is 12.0.